The Labute approximate surface area is 170 Å². The van der Waals surface area contributed by atoms with Crippen LogP contribution in [0.1, 0.15) is 27.8 Å². The lowest BCUT2D eigenvalue weighted by Crippen LogP contribution is -2.48. The molecule has 3 amide bonds. The number of carbonyl (C=O) groups excluding carboxylic acids is 2. The number of aryl methyl sites for hydroxylation is 2. The van der Waals surface area contributed by atoms with Gasteiger partial charge in [0.1, 0.15) is 0 Å². The van der Waals surface area contributed by atoms with Gasteiger partial charge in [-0.05, 0) is 48.7 Å². The summed E-state index contributed by atoms with van der Waals surface area (Å²) in [6.45, 7) is 2.91. The standard InChI is InChI=1S/C21H18F3N3O3/c1-12-4-6-15(8-13(12)2)20(11-28)18(29)27(19(30)26(20)3)16-7-5-14(10-25)17(9-16)21(22,23)24/h4-9,28H,11H2,1-3H3. The van der Waals surface area contributed by atoms with Crippen LogP contribution >= 0.6 is 0 Å². The van der Waals surface area contributed by atoms with Crippen LogP contribution in [0.3, 0.4) is 0 Å². The molecule has 0 radical (unpaired) electrons. The molecule has 2 aromatic rings. The molecule has 1 aliphatic heterocycles. The number of nitriles is 1. The maximum Gasteiger partial charge on any atom is 0.417 e. The zero-order chi connectivity index (χ0) is 22.4. The number of aliphatic hydroxyl groups excluding tert-OH is 1. The molecule has 1 fully saturated rings. The van der Waals surface area contributed by atoms with Crippen molar-refractivity contribution in [3.8, 4) is 6.07 Å². The van der Waals surface area contributed by atoms with E-state index in [2.05, 4.69) is 0 Å². The number of benzene rings is 2. The fourth-order valence-corrected chi connectivity index (χ4v) is 3.54. The quantitative estimate of drug-likeness (QED) is 0.775. The van der Waals surface area contributed by atoms with Gasteiger partial charge in [0.2, 0.25) is 0 Å². The maximum absolute atomic E-state index is 13.3. The highest BCUT2D eigenvalue weighted by Crippen LogP contribution is 2.41. The maximum atomic E-state index is 13.3. The molecule has 1 atom stereocenters. The highest BCUT2D eigenvalue weighted by Gasteiger charge is 2.57. The fraction of sp³-hybridized carbons (Fsp3) is 0.286. The number of nitrogens with zero attached hydrogens (tertiary/aromatic N) is 3. The van der Waals surface area contributed by atoms with Crippen molar-refractivity contribution in [1.29, 1.82) is 5.26 Å². The topological polar surface area (TPSA) is 84.6 Å². The van der Waals surface area contributed by atoms with Gasteiger partial charge in [0, 0.05) is 7.05 Å². The van der Waals surface area contributed by atoms with Crippen LogP contribution < -0.4 is 4.90 Å². The molecule has 0 saturated carbocycles. The lowest BCUT2D eigenvalue weighted by atomic mass is 9.87. The zero-order valence-electron chi connectivity index (χ0n) is 16.4. The molecule has 0 spiro atoms. The molecule has 156 valence electrons. The van der Waals surface area contributed by atoms with Crippen molar-refractivity contribution in [3.63, 3.8) is 0 Å². The second-order valence-corrected chi connectivity index (χ2v) is 7.14. The number of urea groups is 1. The van der Waals surface area contributed by atoms with Crippen molar-refractivity contribution in [2.24, 2.45) is 0 Å². The van der Waals surface area contributed by atoms with E-state index in [1.807, 2.05) is 6.92 Å². The zero-order valence-corrected chi connectivity index (χ0v) is 16.4. The van der Waals surface area contributed by atoms with E-state index in [1.54, 1.807) is 25.1 Å². The van der Waals surface area contributed by atoms with Crippen LogP contribution in [0, 0.1) is 25.2 Å². The van der Waals surface area contributed by atoms with Crippen LogP contribution in [0.15, 0.2) is 36.4 Å². The first kappa shape index (κ1) is 21.3. The van der Waals surface area contributed by atoms with Gasteiger partial charge in [-0.1, -0.05) is 18.2 Å². The van der Waals surface area contributed by atoms with Crippen molar-refractivity contribution in [2.45, 2.75) is 25.6 Å². The van der Waals surface area contributed by atoms with Gasteiger partial charge in [0.25, 0.3) is 5.91 Å². The van der Waals surface area contributed by atoms with Gasteiger partial charge in [-0.25, -0.2) is 9.69 Å². The van der Waals surface area contributed by atoms with Gasteiger partial charge < -0.3 is 10.0 Å². The molecule has 1 heterocycles. The number of carbonyl (C=O) groups is 2. The van der Waals surface area contributed by atoms with E-state index < -0.39 is 41.4 Å². The predicted octanol–water partition coefficient (Wildman–Crippen LogP) is 3.48. The van der Waals surface area contributed by atoms with Crippen molar-refractivity contribution < 1.29 is 27.9 Å². The lowest BCUT2D eigenvalue weighted by Gasteiger charge is -2.31. The minimum absolute atomic E-state index is 0.331. The first-order chi connectivity index (χ1) is 14.0. The van der Waals surface area contributed by atoms with Crippen LogP contribution in [-0.4, -0.2) is 35.6 Å². The summed E-state index contributed by atoms with van der Waals surface area (Å²) in [4.78, 5) is 27.9. The molecule has 30 heavy (non-hydrogen) atoms. The van der Waals surface area contributed by atoms with Gasteiger partial charge in [0.15, 0.2) is 5.54 Å². The molecule has 1 N–H and O–H groups in total. The van der Waals surface area contributed by atoms with Gasteiger partial charge in [0.05, 0.1) is 29.5 Å². The molecule has 1 saturated heterocycles. The summed E-state index contributed by atoms with van der Waals surface area (Å²) in [5.41, 5.74) is -1.87. The monoisotopic (exact) mass is 417 g/mol. The second kappa shape index (κ2) is 7.15. The second-order valence-electron chi connectivity index (χ2n) is 7.14. The number of hydrogen-bond acceptors (Lipinski definition) is 4. The van der Waals surface area contributed by atoms with E-state index >= 15 is 0 Å². The highest BCUT2D eigenvalue weighted by molar-refractivity contribution is 6.23. The van der Waals surface area contributed by atoms with E-state index in [0.717, 1.165) is 28.2 Å². The Morgan fingerprint density at radius 2 is 1.77 bits per heavy atom. The Morgan fingerprint density at radius 1 is 1.10 bits per heavy atom. The number of amides is 3. The number of alkyl halides is 3. The largest absolute Gasteiger partial charge is 0.417 e. The third-order valence-corrected chi connectivity index (χ3v) is 5.51. The molecule has 0 aromatic heterocycles. The Balaban J connectivity index is 2.18. The van der Waals surface area contributed by atoms with E-state index in [0.29, 0.717) is 16.5 Å². The Hall–Kier alpha value is -3.38. The number of hydrogen-bond donors (Lipinski definition) is 1. The van der Waals surface area contributed by atoms with Gasteiger partial charge in [-0.2, -0.15) is 18.4 Å². The van der Waals surface area contributed by atoms with E-state index in [1.165, 1.54) is 13.1 Å². The van der Waals surface area contributed by atoms with Gasteiger partial charge in [-0.15, -0.1) is 0 Å². The number of halogens is 3. The fourth-order valence-electron chi connectivity index (χ4n) is 3.54. The summed E-state index contributed by atoms with van der Waals surface area (Å²) in [7, 11) is 1.31. The van der Waals surface area contributed by atoms with Crippen molar-refractivity contribution in [3.05, 3.63) is 64.2 Å². The van der Waals surface area contributed by atoms with Gasteiger partial charge >= 0.3 is 12.2 Å². The Morgan fingerprint density at radius 3 is 2.30 bits per heavy atom. The molecule has 1 unspecified atom stereocenters. The molecule has 1 aliphatic rings. The molecular formula is C21H18F3N3O3. The third-order valence-electron chi connectivity index (χ3n) is 5.51. The summed E-state index contributed by atoms with van der Waals surface area (Å²) >= 11 is 0. The predicted molar refractivity (Wildman–Crippen MR) is 101 cm³/mol. The van der Waals surface area contributed by atoms with E-state index in [9.17, 15) is 27.9 Å². The SMILES string of the molecule is Cc1ccc(C2(CO)C(=O)N(c3ccc(C#N)c(C(F)(F)F)c3)C(=O)N2C)cc1C. The summed E-state index contributed by atoms with van der Waals surface area (Å²) in [6.07, 6.45) is -4.85. The van der Waals surface area contributed by atoms with Gasteiger partial charge in [-0.3, -0.25) is 4.79 Å². The molecule has 0 aliphatic carbocycles. The Kier molecular flexibility index (Phi) is 5.08. The first-order valence-electron chi connectivity index (χ1n) is 8.91. The number of anilines is 1. The summed E-state index contributed by atoms with van der Waals surface area (Å²) in [5.74, 6) is -0.876. The number of rotatable bonds is 3. The molecular weight excluding hydrogens is 399 g/mol. The van der Waals surface area contributed by atoms with Crippen LogP contribution in [0.4, 0.5) is 23.7 Å². The minimum Gasteiger partial charge on any atom is -0.393 e. The third kappa shape index (κ3) is 3.00. The molecule has 0 bridgehead atoms. The van der Waals surface area contributed by atoms with Crippen LogP contribution in [-0.2, 0) is 16.5 Å². The summed E-state index contributed by atoms with van der Waals surface area (Å²) in [5, 5.41) is 19.1. The number of imide groups is 1. The van der Waals surface area contributed by atoms with E-state index in [4.69, 9.17) is 5.26 Å². The summed E-state index contributed by atoms with van der Waals surface area (Å²) < 4.78 is 40.0. The molecule has 9 heteroatoms. The average molecular weight is 417 g/mol. The Bertz CT molecular complexity index is 1090. The lowest BCUT2D eigenvalue weighted by molar-refractivity contribution is -0.137. The smallest absolute Gasteiger partial charge is 0.393 e. The number of likely N-dealkylation sites (N-methyl/N-ethyl adjacent to an activating group) is 1. The first-order valence-corrected chi connectivity index (χ1v) is 8.91. The molecule has 2 aromatic carbocycles. The number of aliphatic hydroxyl groups is 1. The van der Waals surface area contributed by atoms with E-state index in [-0.39, 0.29) is 5.69 Å². The normalized spacial score (nSPS) is 19.4. The summed E-state index contributed by atoms with van der Waals surface area (Å²) in [6, 6.07) is 8.18. The van der Waals surface area contributed by atoms with Crippen molar-refractivity contribution in [1.82, 2.24) is 4.90 Å². The highest BCUT2D eigenvalue weighted by atomic mass is 19.4. The molecule has 3 rings (SSSR count). The van der Waals surface area contributed by atoms with Crippen LogP contribution in [0.25, 0.3) is 0 Å². The van der Waals surface area contributed by atoms with Crippen LogP contribution in [0.5, 0.6) is 0 Å². The van der Waals surface area contributed by atoms with Crippen molar-refractivity contribution in [2.75, 3.05) is 18.6 Å². The minimum atomic E-state index is -4.85. The van der Waals surface area contributed by atoms with Crippen molar-refractivity contribution >= 4 is 17.6 Å². The van der Waals surface area contributed by atoms with Crippen LogP contribution in [0.2, 0.25) is 0 Å². The molecule has 6 nitrogen and oxygen atoms in total. The average Bonchev–Trinajstić information content (AvgIpc) is 2.89.